The maximum atomic E-state index is 11.8. The van der Waals surface area contributed by atoms with Gasteiger partial charge in [0.25, 0.3) is 11.5 Å². The third-order valence-electron chi connectivity index (χ3n) is 2.27. The first-order valence-corrected chi connectivity index (χ1v) is 6.35. The minimum Gasteiger partial charge on any atom is -0.494 e. The van der Waals surface area contributed by atoms with Gasteiger partial charge in [0.05, 0.1) is 13.2 Å². The first-order chi connectivity index (χ1) is 8.63. The van der Waals surface area contributed by atoms with Gasteiger partial charge < -0.3 is 10.8 Å². The Labute approximate surface area is 108 Å². The smallest absolute Gasteiger partial charge is 0.397 e. The molecule has 0 atom stereocenters. The second-order valence-corrected chi connectivity index (χ2v) is 4.72. The molecule has 10 heteroatoms. The zero-order chi connectivity index (χ0) is 14.8. The van der Waals surface area contributed by atoms with Crippen LogP contribution >= 0.6 is 0 Å². The summed E-state index contributed by atoms with van der Waals surface area (Å²) in [7, 11) is -4.64. The van der Waals surface area contributed by atoms with Gasteiger partial charge in [-0.05, 0) is 12.5 Å². The van der Waals surface area contributed by atoms with Gasteiger partial charge in [-0.2, -0.15) is 8.42 Å². The lowest BCUT2D eigenvalue weighted by Gasteiger charge is -2.11. The molecule has 0 aromatic carbocycles. The molecule has 0 aliphatic heterocycles. The first kappa shape index (κ1) is 15.1. The molecule has 1 heterocycles. The molecule has 1 aromatic heterocycles. The van der Waals surface area contributed by atoms with Gasteiger partial charge in [0.1, 0.15) is 5.56 Å². The van der Waals surface area contributed by atoms with E-state index in [1.54, 1.807) is 0 Å². The van der Waals surface area contributed by atoms with Crippen LogP contribution in [0.3, 0.4) is 0 Å². The van der Waals surface area contributed by atoms with Gasteiger partial charge in [-0.25, -0.2) is 4.18 Å². The van der Waals surface area contributed by atoms with E-state index in [0.717, 1.165) is 6.07 Å². The Morgan fingerprint density at radius 1 is 1.53 bits per heavy atom. The fourth-order valence-corrected chi connectivity index (χ4v) is 1.79. The van der Waals surface area contributed by atoms with E-state index < -0.39 is 34.4 Å². The van der Waals surface area contributed by atoms with Crippen LogP contribution in [0.5, 0.6) is 5.88 Å². The summed E-state index contributed by atoms with van der Waals surface area (Å²) in [4.78, 5) is 22.9. The Bertz CT molecular complexity index is 662. The molecule has 0 spiro atoms. The highest BCUT2D eigenvalue weighted by atomic mass is 32.3. The summed E-state index contributed by atoms with van der Waals surface area (Å²) < 4.78 is 33.7. The third-order valence-corrected chi connectivity index (χ3v) is 2.73. The van der Waals surface area contributed by atoms with Crippen molar-refractivity contribution in [2.75, 3.05) is 6.61 Å². The molecule has 1 amide bonds. The molecule has 19 heavy (non-hydrogen) atoms. The SMILES string of the molecule is Cc1cc(O)n(CCOS(=O)(=O)O)c(=O)c1C(N)=O. The number of hydrogen-bond donors (Lipinski definition) is 3. The molecule has 4 N–H and O–H groups in total. The van der Waals surface area contributed by atoms with Crippen molar-refractivity contribution in [2.24, 2.45) is 5.73 Å². The number of nitrogens with zero attached hydrogens (tertiary/aromatic N) is 1. The fraction of sp³-hybridized carbons (Fsp3) is 0.333. The fourth-order valence-electron chi connectivity index (χ4n) is 1.50. The number of carbonyl (C=O) groups excluding carboxylic acids is 1. The molecule has 0 aliphatic carbocycles. The van der Waals surface area contributed by atoms with E-state index >= 15 is 0 Å². The topological polar surface area (TPSA) is 149 Å². The average Bonchev–Trinajstić information content (AvgIpc) is 2.20. The van der Waals surface area contributed by atoms with Crippen molar-refractivity contribution in [3.8, 4) is 5.88 Å². The predicted molar refractivity (Wildman–Crippen MR) is 63.1 cm³/mol. The molecule has 0 saturated carbocycles. The molecule has 106 valence electrons. The van der Waals surface area contributed by atoms with Crippen molar-refractivity contribution in [2.45, 2.75) is 13.5 Å². The van der Waals surface area contributed by atoms with Gasteiger partial charge in [0, 0.05) is 6.07 Å². The lowest BCUT2D eigenvalue weighted by molar-refractivity contribution is 0.0997. The van der Waals surface area contributed by atoms with Crippen LogP contribution in [-0.4, -0.2) is 35.2 Å². The Kier molecular flexibility index (Phi) is 4.29. The minimum absolute atomic E-state index is 0.196. The van der Waals surface area contributed by atoms with Crippen molar-refractivity contribution in [1.29, 1.82) is 0 Å². The van der Waals surface area contributed by atoms with Gasteiger partial charge >= 0.3 is 10.4 Å². The minimum atomic E-state index is -4.64. The predicted octanol–water partition coefficient (Wildman–Crippen LogP) is -1.22. The van der Waals surface area contributed by atoms with Crippen LogP contribution < -0.4 is 11.3 Å². The highest BCUT2D eigenvalue weighted by molar-refractivity contribution is 7.80. The number of carbonyl (C=O) groups is 1. The lowest BCUT2D eigenvalue weighted by Crippen LogP contribution is -2.32. The Morgan fingerprint density at radius 2 is 2.11 bits per heavy atom. The van der Waals surface area contributed by atoms with E-state index in [0.29, 0.717) is 4.57 Å². The van der Waals surface area contributed by atoms with Crippen molar-refractivity contribution in [3.05, 3.63) is 27.5 Å². The number of aromatic hydroxyl groups is 1. The quantitative estimate of drug-likeness (QED) is 0.576. The highest BCUT2D eigenvalue weighted by Gasteiger charge is 2.16. The lowest BCUT2D eigenvalue weighted by atomic mass is 10.1. The molecular formula is C9H12N2O7S. The number of amides is 1. The number of hydrogen-bond acceptors (Lipinski definition) is 6. The Balaban J connectivity index is 3.12. The molecule has 0 saturated heterocycles. The molecule has 0 radical (unpaired) electrons. The van der Waals surface area contributed by atoms with Gasteiger partial charge in [-0.1, -0.05) is 0 Å². The second-order valence-electron chi connectivity index (χ2n) is 3.63. The number of primary amides is 1. The summed E-state index contributed by atoms with van der Waals surface area (Å²) in [5.74, 6) is -1.45. The van der Waals surface area contributed by atoms with Crippen LogP contribution in [-0.2, 0) is 21.1 Å². The largest absolute Gasteiger partial charge is 0.494 e. The summed E-state index contributed by atoms with van der Waals surface area (Å²) in [5.41, 5.74) is 4.04. The van der Waals surface area contributed by atoms with Gasteiger partial charge in [0.2, 0.25) is 0 Å². The summed E-state index contributed by atoms with van der Waals surface area (Å²) >= 11 is 0. The standard InChI is InChI=1S/C9H12N2O7S/c1-5-4-6(12)11(2-3-18-19(15,16)17)9(14)7(5)8(10)13/h4,12H,2-3H2,1H3,(H2,10,13)(H,15,16,17). The second kappa shape index (κ2) is 5.38. The van der Waals surface area contributed by atoms with E-state index in [9.17, 15) is 23.1 Å². The van der Waals surface area contributed by atoms with E-state index in [2.05, 4.69) is 4.18 Å². The normalized spacial score (nSPS) is 11.5. The maximum Gasteiger partial charge on any atom is 0.397 e. The Hall–Kier alpha value is -1.91. The van der Waals surface area contributed by atoms with Crippen LogP contribution in [0.2, 0.25) is 0 Å². The molecule has 1 rings (SSSR count). The molecule has 0 bridgehead atoms. The average molecular weight is 292 g/mol. The molecule has 0 unspecified atom stereocenters. The molecule has 9 nitrogen and oxygen atoms in total. The van der Waals surface area contributed by atoms with Crippen LogP contribution in [0.25, 0.3) is 0 Å². The van der Waals surface area contributed by atoms with Crippen LogP contribution in [0.15, 0.2) is 10.9 Å². The maximum absolute atomic E-state index is 11.8. The van der Waals surface area contributed by atoms with Crippen LogP contribution in [0.1, 0.15) is 15.9 Å². The van der Waals surface area contributed by atoms with Crippen molar-refractivity contribution in [3.63, 3.8) is 0 Å². The van der Waals surface area contributed by atoms with E-state index in [4.69, 9.17) is 10.3 Å². The molecule has 1 aromatic rings. The van der Waals surface area contributed by atoms with E-state index in [1.165, 1.54) is 6.92 Å². The van der Waals surface area contributed by atoms with Gasteiger partial charge in [-0.15, -0.1) is 0 Å². The number of nitrogens with two attached hydrogens (primary N) is 1. The van der Waals surface area contributed by atoms with Gasteiger partial charge in [-0.3, -0.25) is 18.7 Å². The van der Waals surface area contributed by atoms with E-state index in [-0.39, 0.29) is 17.7 Å². The number of rotatable bonds is 5. The zero-order valence-corrected chi connectivity index (χ0v) is 10.7. The number of aromatic nitrogens is 1. The summed E-state index contributed by atoms with van der Waals surface area (Å²) in [6, 6.07) is 1.13. The monoisotopic (exact) mass is 292 g/mol. The van der Waals surface area contributed by atoms with Crippen molar-refractivity contribution >= 4 is 16.3 Å². The molecular weight excluding hydrogens is 280 g/mol. The Morgan fingerprint density at radius 3 is 2.58 bits per heavy atom. The number of pyridine rings is 1. The van der Waals surface area contributed by atoms with E-state index in [1.807, 2.05) is 0 Å². The first-order valence-electron chi connectivity index (χ1n) is 4.98. The molecule has 0 aliphatic rings. The third kappa shape index (κ3) is 3.77. The van der Waals surface area contributed by atoms with Crippen LogP contribution in [0, 0.1) is 6.92 Å². The summed E-state index contributed by atoms with van der Waals surface area (Å²) in [6.45, 7) is 0.443. The van der Waals surface area contributed by atoms with Gasteiger partial charge in [0.15, 0.2) is 5.88 Å². The summed E-state index contributed by atoms with van der Waals surface area (Å²) in [5, 5.41) is 9.55. The summed E-state index contributed by atoms with van der Waals surface area (Å²) in [6.07, 6.45) is 0. The zero-order valence-electron chi connectivity index (χ0n) is 9.86. The van der Waals surface area contributed by atoms with Crippen molar-refractivity contribution < 1.29 is 27.1 Å². The molecule has 0 fully saturated rings. The number of aryl methyl sites for hydroxylation is 1. The van der Waals surface area contributed by atoms with Crippen molar-refractivity contribution in [1.82, 2.24) is 4.57 Å². The van der Waals surface area contributed by atoms with Crippen LogP contribution in [0.4, 0.5) is 0 Å². The highest BCUT2D eigenvalue weighted by Crippen LogP contribution is 2.12.